The van der Waals surface area contributed by atoms with Gasteiger partial charge in [0.2, 0.25) is 23.6 Å². The summed E-state index contributed by atoms with van der Waals surface area (Å²) in [7, 11) is 0. The molecule has 0 rings (SSSR count). The van der Waals surface area contributed by atoms with E-state index in [-0.39, 0.29) is 24.5 Å². The second kappa shape index (κ2) is 12.9. The average Bonchev–Trinajstić information content (AvgIpc) is 2.64. The highest BCUT2D eigenvalue weighted by Gasteiger charge is 2.29. The van der Waals surface area contributed by atoms with Gasteiger partial charge >= 0.3 is 5.97 Å². The topological polar surface area (TPSA) is 194 Å². The van der Waals surface area contributed by atoms with Gasteiger partial charge in [0.05, 0.1) is 12.6 Å². The highest BCUT2D eigenvalue weighted by molar-refractivity contribution is 7.80. The molecule has 4 amide bonds. The zero-order valence-corrected chi connectivity index (χ0v) is 16.8. The van der Waals surface area contributed by atoms with Crippen molar-refractivity contribution in [3.63, 3.8) is 0 Å². The Kier molecular flexibility index (Phi) is 11.9. The number of carbonyl (C=O) groups excluding carboxylic acids is 4. The van der Waals surface area contributed by atoms with Crippen LogP contribution < -0.4 is 27.4 Å². The lowest BCUT2D eigenvalue weighted by atomic mass is 9.98. The number of nitrogens with one attached hydrogen (secondary N) is 3. The molecular formula is C16H29N5O6S. The monoisotopic (exact) mass is 419 g/mol. The number of thiol groups is 1. The molecule has 0 saturated carbocycles. The quantitative estimate of drug-likeness (QED) is 0.163. The molecule has 0 aliphatic heterocycles. The van der Waals surface area contributed by atoms with E-state index in [9.17, 15) is 24.0 Å². The number of amides is 4. The first kappa shape index (κ1) is 25.7. The Balaban J connectivity index is 4.77. The minimum atomic E-state index is -1.24. The van der Waals surface area contributed by atoms with Gasteiger partial charge in [0.1, 0.15) is 12.1 Å². The number of primary amides is 1. The molecule has 160 valence electrons. The molecule has 0 aliphatic carbocycles. The number of nitrogens with two attached hydrogens (primary N) is 2. The molecule has 0 radical (unpaired) electrons. The fraction of sp³-hybridized carbons (Fsp3) is 0.688. The SMILES string of the molecule is CCC(C)C(NC(=O)CNC(=O)C(N)CCC(N)=O)C(=O)NC(CS)C(=O)O. The molecule has 0 aliphatic rings. The van der Waals surface area contributed by atoms with E-state index in [4.69, 9.17) is 16.6 Å². The minimum Gasteiger partial charge on any atom is -0.480 e. The normalized spacial score (nSPS) is 14.9. The summed E-state index contributed by atoms with van der Waals surface area (Å²) in [4.78, 5) is 58.0. The lowest BCUT2D eigenvalue weighted by Crippen LogP contribution is -2.56. The van der Waals surface area contributed by atoms with Gasteiger partial charge in [0.15, 0.2) is 0 Å². The van der Waals surface area contributed by atoms with Crippen LogP contribution in [0.25, 0.3) is 0 Å². The molecule has 4 atom stereocenters. The maximum absolute atomic E-state index is 12.4. The van der Waals surface area contributed by atoms with Crippen molar-refractivity contribution in [3.05, 3.63) is 0 Å². The summed E-state index contributed by atoms with van der Waals surface area (Å²) in [6, 6.07) is -3.18. The van der Waals surface area contributed by atoms with E-state index in [0.29, 0.717) is 6.42 Å². The first-order chi connectivity index (χ1) is 13.0. The van der Waals surface area contributed by atoms with Gasteiger partial charge in [-0.05, 0) is 12.3 Å². The predicted molar refractivity (Wildman–Crippen MR) is 104 cm³/mol. The number of hydrogen-bond acceptors (Lipinski definition) is 7. The van der Waals surface area contributed by atoms with Gasteiger partial charge < -0.3 is 32.5 Å². The van der Waals surface area contributed by atoms with E-state index in [1.165, 1.54) is 0 Å². The molecule has 8 N–H and O–H groups in total. The molecular weight excluding hydrogens is 390 g/mol. The molecule has 0 aromatic carbocycles. The Hall–Kier alpha value is -2.34. The lowest BCUT2D eigenvalue weighted by Gasteiger charge is -2.25. The number of rotatable bonds is 13. The number of carbonyl (C=O) groups is 5. The fourth-order valence-electron chi connectivity index (χ4n) is 2.10. The molecule has 28 heavy (non-hydrogen) atoms. The van der Waals surface area contributed by atoms with Crippen molar-refractivity contribution in [2.24, 2.45) is 17.4 Å². The van der Waals surface area contributed by atoms with Crippen molar-refractivity contribution in [1.29, 1.82) is 0 Å². The Labute approximate surface area is 168 Å². The maximum atomic E-state index is 12.4. The summed E-state index contributed by atoms with van der Waals surface area (Å²) in [5, 5.41) is 16.1. The second-order valence-corrected chi connectivity index (χ2v) is 6.71. The molecule has 0 saturated heterocycles. The molecule has 12 heteroatoms. The molecule has 4 unspecified atom stereocenters. The van der Waals surface area contributed by atoms with Crippen LogP contribution in [0.4, 0.5) is 0 Å². The van der Waals surface area contributed by atoms with Crippen molar-refractivity contribution in [2.75, 3.05) is 12.3 Å². The highest BCUT2D eigenvalue weighted by Crippen LogP contribution is 2.08. The van der Waals surface area contributed by atoms with Gasteiger partial charge in [-0.3, -0.25) is 19.2 Å². The number of carboxylic acid groups (broad SMARTS) is 1. The van der Waals surface area contributed by atoms with Crippen LogP contribution in [0.1, 0.15) is 33.1 Å². The first-order valence-electron chi connectivity index (χ1n) is 8.78. The maximum Gasteiger partial charge on any atom is 0.327 e. The summed E-state index contributed by atoms with van der Waals surface area (Å²) in [5.74, 6) is -4.17. The van der Waals surface area contributed by atoms with E-state index in [2.05, 4.69) is 28.6 Å². The Morgan fingerprint density at radius 2 is 1.71 bits per heavy atom. The van der Waals surface area contributed by atoms with Crippen molar-refractivity contribution >= 4 is 42.2 Å². The molecule has 0 spiro atoms. The van der Waals surface area contributed by atoms with Crippen LogP contribution in [0, 0.1) is 5.92 Å². The molecule has 0 aromatic heterocycles. The highest BCUT2D eigenvalue weighted by atomic mass is 32.1. The van der Waals surface area contributed by atoms with Crippen molar-refractivity contribution < 1.29 is 29.1 Å². The molecule has 0 bridgehead atoms. The molecule has 11 nitrogen and oxygen atoms in total. The Bertz CT molecular complexity index is 588. The van der Waals surface area contributed by atoms with Gasteiger partial charge in [-0.2, -0.15) is 12.6 Å². The van der Waals surface area contributed by atoms with Crippen molar-refractivity contribution in [2.45, 2.75) is 51.2 Å². The zero-order chi connectivity index (χ0) is 21.9. The van der Waals surface area contributed by atoms with E-state index < -0.39 is 54.3 Å². The van der Waals surface area contributed by atoms with Gasteiger partial charge in [-0.1, -0.05) is 20.3 Å². The molecule has 0 aromatic rings. The molecule has 0 fully saturated rings. The number of carboxylic acids is 1. The number of hydrogen-bond donors (Lipinski definition) is 7. The Morgan fingerprint density at radius 1 is 1.11 bits per heavy atom. The van der Waals surface area contributed by atoms with E-state index >= 15 is 0 Å². The third kappa shape index (κ3) is 9.55. The summed E-state index contributed by atoms with van der Waals surface area (Å²) in [6.45, 7) is 3.10. The van der Waals surface area contributed by atoms with Gasteiger partial charge in [0, 0.05) is 12.2 Å². The van der Waals surface area contributed by atoms with Crippen molar-refractivity contribution in [1.82, 2.24) is 16.0 Å². The standard InChI is InChI=1S/C16H29N5O6S/c1-3-8(2)13(15(25)20-10(7-28)16(26)27)21-12(23)6-19-14(24)9(17)4-5-11(18)22/h8-10,13,28H,3-7,17H2,1-2H3,(H2,18,22)(H,19,24)(H,20,25)(H,21,23)(H,26,27). The van der Waals surface area contributed by atoms with E-state index in [0.717, 1.165) is 0 Å². The van der Waals surface area contributed by atoms with E-state index in [1.807, 2.05) is 6.92 Å². The van der Waals surface area contributed by atoms with Crippen LogP contribution >= 0.6 is 12.6 Å². The van der Waals surface area contributed by atoms with Crippen LogP contribution in [0.2, 0.25) is 0 Å². The third-order valence-electron chi connectivity index (χ3n) is 4.07. The minimum absolute atomic E-state index is 0.0426. The predicted octanol–water partition coefficient (Wildman–Crippen LogP) is -2.27. The first-order valence-corrected chi connectivity index (χ1v) is 9.41. The lowest BCUT2D eigenvalue weighted by molar-refractivity contribution is -0.141. The summed E-state index contributed by atoms with van der Waals surface area (Å²) in [5.41, 5.74) is 10.6. The second-order valence-electron chi connectivity index (χ2n) is 6.34. The van der Waals surface area contributed by atoms with Gasteiger partial charge in [-0.25, -0.2) is 4.79 Å². The summed E-state index contributed by atoms with van der Waals surface area (Å²) >= 11 is 3.88. The summed E-state index contributed by atoms with van der Waals surface area (Å²) in [6.07, 6.45) is 0.523. The average molecular weight is 420 g/mol. The molecule has 0 heterocycles. The Morgan fingerprint density at radius 3 is 2.18 bits per heavy atom. The third-order valence-corrected chi connectivity index (χ3v) is 4.44. The largest absolute Gasteiger partial charge is 0.480 e. The smallest absolute Gasteiger partial charge is 0.327 e. The van der Waals surface area contributed by atoms with Crippen LogP contribution in [0.15, 0.2) is 0 Å². The van der Waals surface area contributed by atoms with Crippen LogP contribution in [-0.2, 0) is 24.0 Å². The van der Waals surface area contributed by atoms with Crippen molar-refractivity contribution in [3.8, 4) is 0 Å². The zero-order valence-electron chi connectivity index (χ0n) is 15.9. The summed E-state index contributed by atoms with van der Waals surface area (Å²) < 4.78 is 0. The number of aliphatic carboxylic acids is 1. The van der Waals surface area contributed by atoms with Crippen LogP contribution in [-0.4, -0.2) is 65.1 Å². The van der Waals surface area contributed by atoms with Gasteiger partial charge in [0.25, 0.3) is 0 Å². The van der Waals surface area contributed by atoms with Crippen LogP contribution in [0.3, 0.4) is 0 Å². The van der Waals surface area contributed by atoms with Gasteiger partial charge in [-0.15, -0.1) is 0 Å². The fourth-order valence-corrected chi connectivity index (χ4v) is 2.35. The van der Waals surface area contributed by atoms with E-state index in [1.54, 1.807) is 6.92 Å². The van der Waals surface area contributed by atoms with Crippen LogP contribution in [0.5, 0.6) is 0 Å².